The number of ether oxygens (including phenoxy) is 2. The highest BCUT2D eigenvalue weighted by Gasteiger charge is 2.09. The van der Waals surface area contributed by atoms with E-state index < -0.39 is 5.97 Å². The van der Waals surface area contributed by atoms with Crippen LogP contribution in [-0.4, -0.2) is 78.0 Å². The number of carboxylic acid groups (broad SMARTS) is 1. The van der Waals surface area contributed by atoms with Gasteiger partial charge in [-0.3, -0.25) is 14.4 Å². The van der Waals surface area contributed by atoms with Crippen LogP contribution in [0.4, 0.5) is 22.7 Å². The highest BCUT2D eigenvalue weighted by atomic mass is 79.9. The first-order chi connectivity index (χ1) is 39.4. The van der Waals surface area contributed by atoms with Gasteiger partial charge in [-0.1, -0.05) is 56.0 Å². The molecule has 0 saturated heterocycles. The van der Waals surface area contributed by atoms with Crippen molar-refractivity contribution in [1.82, 2.24) is 0 Å². The highest BCUT2D eigenvalue weighted by molar-refractivity contribution is 9.09. The summed E-state index contributed by atoms with van der Waals surface area (Å²) in [7, 11) is 0. The molecule has 17 nitrogen and oxygen atoms in total. The van der Waals surface area contributed by atoms with E-state index in [1.807, 2.05) is 36.4 Å². The minimum absolute atomic E-state index is 0.0741. The van der Waals surface area contributed by atoms with Crippen LogP contribution in [0, 0.1) is 0 Å². The van der Waals surface area contributed by atoms with Crippen LogP contribution in [0.3, 0.4) is 0 Å². The van der Waals surface area contributed by atoms with Crippen molar-refractivity contribution in [2.75, 3.05) is 40.2 Å². The second-order valence-electron chi connectivity index (χ2n) is 17.5. The van der Waals surface area contributed by atoms with Gasteiger partial charge in [-0.2, -0.15) is 0 Å². The number of rotatable bonds is 17. The van der Waals surface area contributed by atoms with Gasteiger partial charge in [0.25, 0.3) is 17.7 Å². The Balaban J connectivity index is 0.000000275. The van der Waals surface area contributed by atoms with E-state index in [0.717, 1.165) is 54.8 Å². The fraction of sp³-hybridized carbons (Fsp3) is 0.188. The Bertz CT molecular complexity index is 2950. The van der Waals surface area contributed by atoms with Crippen molar-refractivity contribution in [3.05, 3.63) is 216 Å². The van der Waals surface area contributed by atoms with Gasteiger partial charge in [0.05, 0.1) is 18.8 Å². The standard InChI is InChI=1S/C21H27NO3.2C13H11NO3.C7H6O3.C6H7NO.C4H9Br/c1-3-5-15-24-19-11-7-17(8-12-19)21(23)22-18-9-13-20(14-10-18)25-16-6-4-2;2*15-11-5-1-9(2-6-11)13(17)14-10-3-7-12(16)8-4-10;8-6-3-1-5(2-4-6)7(9)10;7-5-1-3-6(8)4-2-5;1-2-3-4-5/h7-14H,3-6,15-16H2,1-2H3,(H,22,23);2*1-8,15-16H,(H,14,17);1-4,8H,(H,9,10);1-4,8H,7H2;2-4H2,1H3. The molecule has 0 heterocycles. The van der Waals surface area contributed by atoms with E-state index in [1.54, 1.807) is 60.7 Å². The maximum atomic E-state index is 12.3. The normalized spacial score (nSPS) is 9.76. The third-order valence-electron chi connectivity index (χ3n) is 10.8. The minimum Gasteiger partial charge on any atom is -0.508 e. The van der Waals surface area contributed by atoms with Crippen molar-refractivity contribution >= 4 is 62.4 Å². The van der Waals surface area contributed by atoms with Crippen molar-refractivity contribution in [2.24, 2.45) is 0 Å². The van der Waals surface area contributed by atoms with Crippen LogP contribution in [0.25, 0.3) is 0 Å². The Labute approximate surface area is 486 Å². The van der Waals surface area contributed by atoms with Gasteiger partial charge < -0.3 is 66.9 Å². The molecule has 0 atom stereocenters. The number of phenolic OH excluding ortho intramolecular Hbond substituents is 6. The number of aromatic hydroxyl groups is 6. The van der Waals surface area contributed by atoms with Crippen molar-refractivity contribution in [3.8, 4) is 46.0 Å². The number of anilines is 4. The molecule has 8 rings (SSSR count). The molecule has 3 amide bonds. The second-order valence-corrected chi connectivity index (χ2v) is 18.3. The molecule has 0 aliphatic heterocycles. The summed E-state index contributed by atoms with van der Waals surface area (Å²) in [5, 5.41) is 71.6. The summed E-state index contributed by atoms with van der Waals surface area (Å²) >= 11 is 3.31. The first kappa shape index (κ1) is 66.6. The van der Waals surface area contributed by atoms with Crippen LogP contribution < -0.4 is 31.2 Å². The fourth-order valence-electron chi connectivity index (χ4n) is 6.14. The molecule has 0 fully saturated rings. The SMILES string of the molecule is CCCCBr.CCCCOc1ccc(NC(=O)c2ccc(OCCCC)cc2)cc1.Nc1ccc(O)cc1.O=C(Nc1ccc(O)cc1)c1ccc(O)cc1.O=C(Nc1ccc(O)cc1)c1ccc(O)cc1.O=C(O)c1ccc(O)cc1. The van der Waals surface area contributed by atoms with Gasteiger partial charge >= 0.3 is 5.97 Å². The van der Waals surface area contributed by atoms with E-state index >= 15 is 0 Å². The summed E-state index contributed by atoms with van der Waals surface area (Å²) in [4.78, 5) is 46.0. The van der Waals surface area contributed by atoms with E-state index in [4.69, 9.17) is 51.0 Å². The molecule has 12 N–H and O–H groups in total. The number of amides is 3. The second kappa shape index (κ2) is 38.0. The Kier molecular flexibility index (Phi) is 30.9. The number of phenols is 6. The van der Waals surface area contributed by atoms with Crippen LogP contribution in [0.5, 0.6) is 46.0 Å². The number of aromatic carboxylic acids is 1. The maximum absolute atomic E-state index is 12.3. The molecule has 0 radical (unpaired) electrons. The molecule has 0 bridgehead atoms. The highest BCUT2D eigenvalue weighted by Crippen LogP contribution is 2.21. The Morgan fingerprint density at radius 2 is 0.622 bits per heavy atom. The summed E-state index contributed by atoms with van der Waals surface area (Å²) in [5.74, 6) is 0.798. The molecule has 8 aromatic carbocycles. The van der Waals surface area contributed by atoms with Gasteiger partial charge in [-0.25, -0.2) is 4.79 Å². The van der Waals surface area contributed by atoms with Crippen molar-refractivity contribution < 1.29 is 64.4 Å². The number of alkyl halides is 1. The molecule has 0 unspecified atom stereocenters. The number of benzene rings is 8. The van der Waals surface area contributed by atoms with Gasteiger partial charge in [-0.15, -0.1) is 0 Å². The van der Waals surface area contributed by atoms with Gasteiger partial charge in [-0.05, 0) is 213 Å². The Morgan fingerprint density at radius 3 is 0.878 bits per heavy atom. The fourth-order valence-corrected chi connectivity index (χ4v) is 6.70. The first-order valence-electron chi connectivity index (χ1n) is 26.1. The van der Waals surface area contributed by atoms with E-state index in [2.05, 4.69) is 52.7 Å². The largest absolute Gasteiger partial charge is 0.508 e. The summed E-state index contributed by atoms with van der Waals surface area (Å²) in [6, 6.07) is 50.7. The number of hydrogen-bond donors (Lipinski definition) is 11. The van der Waals surface area contributed by atoms with Crippen molar-refractivity contribution in [2.45, 2.75) is 59.3 Å². The average molecular weight is 1180 g/mol. The first-order valence-corrected chi connectivity index (χ1v) is 27.2. The summed E-state index contributed by atoms with van der Waals surface area (Å²) in [5.41, 5.74) is 9.62. The molecule has 0 aliphatic carbocycles. The lowest BCUT2D eigenvalue weighted by Crippen LogP contribution is -2.11. The van der Waals surface area contributed by atoms with E-state index in [0.29, 0.717) is 40.4 Å². The predicted molar refractivity (Wildman–Crippen MR) is 326 cm³/mol. The lowest BCUT2D eigenvalue weighted by atomic mass is 10.2. The van der Waals surface area contributed by atoms with Gasteiger partial charge in [0, 0.05) is 44.8 Å². The summed E-state index contributed by atoms with van der Waals surface area (Å²) in [6.45, 7) is 7.86. The number of hydrogen-bond acceptors (Lipinski definition) is 13. The van der Waals surface area contributed by atoms with E-state index in [9.17, 15) is 19.2 Å². The van der Waals surface area contributed by atoms with Gasteiger partial charge in [0.1, 0.15) is 46.0 Å². The smallest absolute Gasteiger partial charge is 0.335 e. The van der Waals surface area contributed by atoms with Crippen LogP contribution >= 0.6 is 15.9 Å². The molecule has 8 aromatic rings. The zero-order valence-corrected chi connectivity index (χ0v) is 47.5. The van der Waals surface area contributed by atoms with Crippen molar-refractivity contribution in [1.29, 1.82) is 0 Å². The Hall–Kier alpha value is -9.68. The number of carbonyl (C=O) groups excluding carboxylic acids is 3. The zero-order valence-electron chi connectivity index (χ0n) is 45.9. The molecule has 0 aliphatic rings. The molecule has 0 aromatic heterocycles. The van der Waals surface area contributed by atoms with Crippen LogP contribution in [-0.2, 0) is 0 Å². The van der Waals surface area contributed by atoms with E-state index in [1.165, 1.54) is 110 Å². The summed E-state index contributed by atoms with van der Waals surface area (Å²) in [6.07, 6.45) is 6.88. The van der Waals surface area contributed by atoms with E-state index in [-0.39, 0.29) is 57.8 Å². The number of carbonyl (C=O) groups is 4. The summed E-state index contributed by atoms with van der Waals surface area (Å²) < 4.78 is 11.2. The quantitative estimate of drug-likeness (QED) is 0.0175. The Morgan fingerprint density at radius 1 is 0.378 bits per heavy atom. The molecule has 432 valence electrons. The van der Waals surface area contributed by atoms with Crippen molar-refractivity contribution in [3.63, 3.8) is 0 Å². The molecule has 0 saturated carbocycles. The monoisotopic (exact) mass is 1180 g/mol. The number of unbranched alkanes of at least 4 members (excludes halogenated alkanes) is 3. The number of halogens is 1. The number of nitrogens with two attached hydrogens (primary N) is 1. The molecular weight excluding hydrogens is 1110 g/mol. The number of nitrogens with one attached hydrogen (secondary N) is 3. The molecular formula is C64H71BrN4O13. The minimum atomic E-state index is -0.986. The van der Waals surface area contributed by atoms with Gasteiger partial charge in [0.2, 0.25) is 0 Å². The lowest BCUT2D eigenvalue weighted by molar-refractivity contribution is 0.0696. The number of nitrogen functional groups attached to an aromatic ring is 1. The predicted octanol–water partition coefficient (Wildman–Crippen LogP) is 14.2. The molecule has 82 heavy (non-hydrogen) atoms. The topological polar surface area (TPSA) is 290 Å². The third kappa shape index (κ3) is 27.8. The van der Waals surface area contributed by atoms with Gasteiger partial charge in [0.15, 0.2) is 0 Å². The van der Waals surface area contributed by atoms with Crippen LogP contribution in [0.1, 0.15) is 101 Å². The van der Waals surface area contributed by atoms with Crippen LogP contribution in [0.15, 0.2) is 194 Å². The zero-order chi connectivity index (χ0) is 60.1. The number of carboxylic acids is 1. The molecule has 18 heteroatoms. The molecule has 0 spiro atoms. The maximum Gasteiger partial charge on any atom is 0.335 e. The third-order valence-corrected chi connectivity index (χ3v) is 11.3. The van der Waals surface area contributed by atoms with Crippen LogP contribution in [0.2, 0.25) is 0 Å². The lowest BCUT2D eigenvalue weighted by Gasteiger charge is -2.09. The average Bonchev–Trinajstić information content (AvgIpc) is 3.47.